The molecule has 0 rings (SSSR count). The van der Waals surface area contributed by atoms with Crippen molar-refractivity contribution in [2.45, 2.75) is 26.3 Å². The number of carbonyl (C=O) groups is 1. The minimum Gasteiger partial charge on any atom is -0.465 e. The Kier molecular flexibility index (Phi) is 2.99. The molecule has 1 amide bonds. The Morgan fingerprint density at radius 3 is 2.50 bits per heavy atom. The van der Waals surface area contributed by atoms with Crippen molar-refractivity contribution in [3.63, 3.8) is 0 Å². The molecule has 0 aliphatic carbocycles. The van der Waals surface area contributed by atoms with Crippen molar-refractivity contribution in [3.8, 4) is 0 Å². The van der Waals surface area contributed by atoms with Crippen LogP contribution in [0.25, 0.3) is 0 Å². The third-order valence-electron chi connectivity index (χ3n) is 0.982. The first-order valence-electron chi connectivity index (χ1n) is 2.66. The largest absolute Gasteiger partial charge is 0.465 e. The van der Waals surface area contributed by atoms with Gasteiger partial charge in [-0.25, -0.2) is 4.79 Å². The lowest BCUT2D eigenvalue weighted by Gasteiger charge is -2.05. The molecule has 1 atom stereocenters. The third-order valence-corrected chi connectivity index (χ3v) is 0.982. The molecule has 0 aliphatic heterocycles. The predicted molar refractivity (Wildman–Crippen MR) is 30.9 cm³/mol. The van der Waals surface area contributed by atoms with Gasteiger partial charge in [-0.3, -0.25) is 0 Å². The number of hydrogen-bond acceptors (Lipinski definition) is 1. The van der Waals surface area contributed by atoms with Crippen molar-refractivity contribution in [2.24, 2.45) is 0 Å². The number of rotatable bonds is 2. The van der Waals surface area contributed by atoms with E-state index in [4.69, 9.17) is 5.11 Å². The molecule has 3 heteroatoms. The highest BCUT2D eigenvalue weighted by molar-refractivity contribution is 5.64. The zero-order chi connectivity index (χ0) is 6.57. The van der Waals surface area contributed by atoms with Gasteiger partial charge < -0.3 is 10.4 Å². The molecule has 48 valence electrons. The summed E-state index contributed by atoms with van der Waals surface area (Å²) in [7, 11) is 0. The number of hydrogen-bond donors (Lipinski definition) is 2. The lowest BCUT2D eigenvalue weighted by atomic mass is 10.3. The van der Waals surface area contributed by atoms with Gasteiger partial charge in [0.25, 0.3) is 0 Å². The molecule has 8 heavy (non-hydrogen) atoms. The maximum absolute atomic E-state index is 9.86. The van der Waals surface area contributed by atoms with Crippen LogP contribution in [0.15, 0.2) is 0 Å². The normalized spacial score (nSPS) is 12.8. The third kappa shape index (κ3) is 3.46. The van der Waals surface area contributed by atoms with E-state index < -0.39 is 6.09 Å². The minimum atomic E-state index is -0.945. The zero-order valence-electron chi connectivity index (χ0n) is 5.14. The first-order valence-corrected chi connectivity index (χ1v) is 2.66. The second-order valence-corrected chi connectivity index (χ2v) is 1.76. The van der Waals surface area contributed by atoms with Gasteiger partial charge in [0.15, 0.2) is 0 Å². The fourth-order valence-electron chi connectivity index (χ4n) is 0.313. The van der Waals surface area contributed by atoms with Gasteiger partial charge in [0.05, 0.1) is 0 Å². The average molecular weight is 117 g/mol. The van der Waals surface area contributed by atoms with Gasteiger partial charge in [-0.15, -0.1) is 0 Å². The zero-order valence-corrected chi connectivity index (χ0v) is 5.14. The molecular formula is C5H11NO2. The van der Waals surface area contributed by atoms with Crippen molar-refractivity contribution in [3.05, 3.63) is 0 Å². The molecule has 0 unspecified atom stereocenters. The first-order chi connectivity index (χ1) is 3.66. The number of nitrogens with one attached hydrogen (secondary N) is 1. The highest BCUT2D eigenvalue weighted by atomic mass is 16.4. The van der Waals surface area contributed by atoms with Crippen LogP contribution in [0.2, 0.25) is 0 Å². The summed E-state index contributed by atoms with van der Waals surface area (Å²) >= 11 is 0. The summed E-state index contributed by atoms with van der Waals surface area (Å²) in [4.78, 5) is 9.86. The predicted octanol–water partition coefficient (Wildman–Crippen LogP) is 1.05. The molecule has 0 heterocycles. The van der Waals surface area contributed by atoms with Crippen LogP contribution in [0.3, 0.4) is 0 Å². The summed E-state index contributed by atoms with van der Waals surface area (Å²) in [5.74, 6) is 0. The van der Waals surface area contributed by atoms with E-state index in [1.165, 1.54) is 0 Å². The van der Waals surface area contributed by atoms with Crippen LogP contribution in [0.1, 0.15) is 20.3 Å². The molecule has 0 saturated heterocycles. The van der Waals surface area contributed by atoms with Gasteiger partial charge in [0, 0.05) is 6.04 Å². The molecule has 0 aromatic heterocycles. The summed E-state index contributed by atoms with van der Waals surface area (Å²) in [5, 5.41) is 10.4. The van der Waals surface area contributed by atoms with Crippen LogP contribution in [0.5, 0.6) is 0 Å². The molecule has 0 aromatic carbocycles. The Bertz CT molecular complexity index is 82.5. The van der Waals surface area contributed by atoms with E-state index in [0.717, 1.165) is 6.42 Å². The van der Waals surface area contributed by atoms with Gasteiger partial charge in [-0.2, -0.15) is 0 Å². The van der Waals surface area contributed by atoms with Gasteiger partial charge in [0.1, 0.15) is 0 Å². The monoisotopic (exact) mass is 117 g/mol. The maximum Gasteiger partial charge on any atom is 0.404 e. The summed E-state index contributed by atoms with van der Waals surface area (Å²) < 4.78 is 0. The molecule has 3 nitrogen and oxygen atoms in total. The lowest BCUT2D eigenvalue weighted by Crippen LogP contribution is -2.30. The van der Waals surface area contributed by atoms with E-state index in [1.54, 1.807) is 0 Å². The van der Waals surface area contributed by atoms with Crippen molar-refractivity contribution in [2.75, 3.05) is 0 Å². The van der Waals surface area contributed by atoms with Gasteiger partial charge in [0.2, 0.25) is 0 Å². The highest BCUT2D eigenvalue weighted by Crippen LogP contribution is 1.85. The van der Waals surface area contributed by atoms with Crippen LogP contribution in [-0.4, -0.2) is 17.2 Å². The maximum atomic E-state index is 9.86. The quantitative estimate of drug-likeness (QED) is 0.568. The fraction of sp³-hybridized carbons (Fsp3) is 0.800. The second-order valence-electron chi connectivity index (χ2n) is 1.76. The van der Waals surface area contributed by atoms with E-state index in [0.29, 0.717) is 0 Å². The van der Waals surface area contributed by atoms with Crippen molar-refractivity contribution in [1.29, 1.82) is 0 Å². The van der Waals surface area contributed by atoms with Gasteiger partial charge in [-0.1, -0.05) is 6.92 Å². The van der Waals surface area contributed by atoms with Crippen molar-refractivity contribution in [1.82, 2.24) is 5.32 Å². The Labute approximate surface area is 48.7 Å². The topological polar surface area (TPSA) is 49.3 Å². The molecular weight excluding hydrogens is 106 g/mol. The van der Waals surface area contributed by atoms with Gasteiger partial charge in [-0.05, 0) is 13.3 Å². The standard InChI is InChI=1S/C5H11NO2/c1-3-4(2)6-5(7)8/h4,6H,3H2,1-2H3,(H,7,8)/t4-/m1/s1. The summed E-state index contributed by atoms with van der Waals surface area (Å²) in [5.41, 5.74) is 0. The van der Waals surface area contributed by atoms with Crippen LogP contribution in [-0.2, 0) is 0 Å². The summed E-state index contributed by atoms with van der Waals surface area (Å²) in [6, 6.07) is 0.0764. The van der Waals surface area contributed by atoms with Crippen LogP contribution >= 0.6 is 0 Å². The Morgan fingerprint density at radius 1 is 1.88 bits per heavy atom. The molecule has 0 saturated carbocycles. The van der Waals surface area contributed by atoms with Crippen molar-refractivity contribution < 1.29 is 9.90 Å². The second kappa shape index (κ2) is 3.29. The Hall–Kier alpha value is -0.730. The SMILES string of the molecule is CC[C@@H](C)NC(=O)O. The highest BCUT2D eigenvalue weighted by Gasteiger charge is 1.99. The van der Waals surface area contributed by atoms with E-state index in [2.05, 4.69) is 5.32 Å². The van der Waals surface area contributed by atoms with Crippen LogP contribution in [0.4, 0.5) is 4.79 Å². The van der Waals surface area contributed by atoms with E-state index >= 15 is 0 Å². The molecule has 0 aromatic rings. The molecule has 2 N–H and O–H groups in total. The van der Waals surface area contributed by atoms with E-state index in [-0.39, 0.29) is 6.04 Å². The van der Waals surface area contributed by atoms with E-state index in [1.807, 2.05) is 13.8 Å². The average Bonchev–Trinajstić information content (AvgIpc) is 1.65. The van der Waals surface area contributed by atoms with Crippen LogP contribution in [0, 0.1) is 0 Å². The van der Waals surface area contributed by atoms with E-state index in [9.17, 15) is 4.79 Å². The molecule has 0 fully saturated rings. The smallest absolute Gasteiger partial charge is 0.404 e. The Balaban J connectivity index is 3.24. The molecule has 0 bridgehead atoms. The number of amides is 1. The lowest BCUT2D eigenvalue weighted by molar-refractivity contribution is 0.190. The minimum absolute atomic E-state index is 0.0764. The first kappa shape index (κ1) is 7.27. The fourth-order valence-corrected chi connectivity index (χ4v) is 0.313. The molecule has 0 radical (unpaired) electrons. The summed E-state index contributed by atoms with van der Waals surface area (Å²) in [6.07, 6.45) is -0.105. The van der Waals surface area contributed by atoms with Gasteiger partial charge >= 0.3 is 6.09 Å². The molecule has 0 aliphatic rings. The number of carboxylic acid groups (broad SMARTS) is 1. The Morgan fingerprint density at radius 2 is 2.38 bits per heavy atom. The van der Waals surface area contributed by atoms with Crippen LogP contribution < -0.4 is 5.32 Å². The van der Waals surface area contributed by atoms with Crippen molar-refractivity contribution >= 4 is 6.09 Å². The summed E-state index contributed by atoms with van der Waals surface area (Å²) in [6.45, 7) is 3.76. The molecule has 0 spiro atoms.